The number of aromatic nitrogens is 1. The molecule has 2 atom stereocenters. The van der Waals surface area contributed by atoms with Gasteiger partial charge in [-0.05, 0) is 62.7 Å². The Kier molecular flexibility index (Phi) is 4.77. The Balaban J connectivity index is 1.57. The van der Waals surface area contributed by atoms with Gasteiger partial charge in [-0.3, -0.25) is 4.98 Å². The Hall–Kier alpha value is -1.84. The molecule has 2 unspecified atom stereocenters. The van der Waals surface area contributed by atoms with Gasteiger partial charge in [-0.15, -0.1) is 0 Å². The number of nitrogens with one attached hydrogen (secondary N) is 1. The van der Waals surface area contributed by atoms with E-state index in [0.717, 1.165) is 34.7 Å². The van der Waals surface area contributed by atoms with Crippen molar-refractivity contribution in [2.45, 2.75) is 26.7 Å². The quantitative estimate of drug-likeness (QED) is 0.682. The van der Waals surface area contributed by atoms with Crippen LogP contribution in [0.4, 0.5) is 5.69 Å². The van der Waals surface area contributed by atoms with E-state index in [1.165, 1.54) is 12.8 Å². The van der Waals surface area contributed by atoms with Gasteiger partial charge in [0.2, 0.25) is 0 Å². The SMILES string of the molecule is CC(CNc1ccnc2cc(Cl)ccc12)C(C)(CN(C)C)C1=C2CC(=C1)C2. The van der Waals surface area contributed by atoms with Crippen molar-refractivity contribution in [3.05, 3.63) is 58.3 Å². The van der Waals surface area contributed by atoms with Crippen molar-refractivity contribution in [1.82, 2.24) is 9.88 Å². The number of halogens is 1. The topological polar surface area (TPSA) is 28.2 Å². The molecule has 27 heavy (non-hydrogen) atoms. The number of benzene rings is 1. The molecule has 1 aromatic heterocycles. The molecule has 1 heterocycles. The Bertz CT molecular complexity index is 934. The second-order valence-electron chi connectivity index (χ2n) is 8.63. The van der Waals surface area contributed by atoms with E-state index in [1.54, 1.807) is 16.7 Å². The van der Waals surface area contributed by atoms with E-state index in [1.807, 2.05) is 18.3 Å². The number of rotatable bonds is 7. The van der Waals surface area contributed by atoms with Gasteiger partial charge in [0.05, 0.1) is 5.52 Å². The first-order valence-electron chi connectivity index (χ1n) is 9.71. The van der Waals surface area contributed by atoms with E-state index in [-0.39, 0.29) is 5.41 Å². The van der Waals surface area contributed by atoms with Gasteiger partial charge in [-0.25, -0.2) is 0 Å². The van der Waals surface area contributed by atoms with Gasteiger partial charge in [0, 0.05) is 40.8 Å². The van der Waals surface area contributed by atoms with Crippen molar-refractivity contribution in [1.29, 1.82) is 0 Å². The maximum atomic E-state index is 6.12. The van der Waals surface area contributed by atoms with Gasteiger partial charge < -0.3 is 10.2 Å². The molecule has 3 aliphatic rings. The highest BCUT2D eigenvalue weighted by molar-refractivity contribution is 6.31. The summed E-state index contributed by atoms with van der Waals surface area (Å²) in [7, 11) is 4.35. The average molecular weight is 382 g/mol. The maximum Gasteiger partial charge on any atom is 0.0737 e. The highest BCUT2D eigenvalue weighted by Gasteiger charge is 2.41. The molecule has 142 valence electrons. The van der Waals surface area contributed by atoms with Crippen molar-refractivity contribution < 1.29 is 0 Å². The lowest BCUT2D eigenvalue weighted by Gasteiger charge is -2.40. The molecule has 4 heteroatoms. The van der Waals surface area contributed by atoms with Crippen LogP contribution in [-0.2, 0) is 0 Å². The number of anilines is 1. The number of nitrogens with zero attached hydrogens (tertiary/aromatic N) is 2. The first-order chi connectivity index (χ1) is 12.9. The third kappa shape index (κ3) is 3.39. The van der Waals surface area contributed by atoms with Crippen LogP contribution in [0.5, 0.6) is 0 Å². The molecule has 1 saturated carbocycles. The van der Waals surface area contributed by atoms with Crippen LogP contribution < -0.4 is 5.32 Å². The molecule has 1 aromatic carbocycles. The third-order valence-corrected chi connectivity index (χ3v) is 6.50. The van der Waals surface area contributed by atoms with Crippen LogP contribution in [0.3, 0.4) is 0 Å². The minimum absolute atomic E-state index is 0.149. The summed E-state index contributed by atoms with van der Waals surface area (Å²) in [4.78, 5) is 6.77. The summed E-state index contributed by atoms with van der Waals surface area (Å²) in [5.74, 6) is 0.495. The van der Waals surface area contributed by atoms with Crippen LogP contribution >= 0.6 is 11.6 Å². The number of pyridine rings is 1. The van der Waals surface area contributed by atoms with Crippen molar-refractivity contribution in [3.63, 3.8) is 0 Å². The lowest BCUT2D eigenvalue weighted by Crippen LogP contribution is -2.40. The van der Waals surface area contributed by atoms with Gasteiger partial charge in [0.1, 0.15) is 0 Å². The standard InChI is InChI=1S/C23H28ClN3/c1-15(23(2,14-27(3)4)20-11-16-9-17(20)10-16)13-26-21-7-8-25-22-12-18(24)5-6-19(21)22/h5-8,11-12,15H,9-10,13-14H2,1-4H3,(H,25,26). The largest absolute Gasteiger partial charge is 0.384 e. The van der Waals surface area contributed by atoms with Crippen molar-refractivity contribution in [2.24, 2.45) is 11.3 Å². The summed E-state index contributed by atoms with van der Waals surface area (Å²) in [6.07, 6.45) is 6.76. The fraction of sp³-hybridized carbons (Fsp3) is 0.435. The second kappa shape index (κ2) is 6.96. The zero-order valence-electron chi connectivity index (χ0n) is 16.6. The van der Waals surface area contributed by atoms with Gasteiger partial charge in [0.15, 0.2) is 0 Å². The molecule has 2 aromatic rings. The number of hydrogen-bond donors (Lipinski definition) is 1. The Morgan fingerprint density at radius 1 is 1.26 bits per heavy atom. The predicted molar refractivity (Wildman–Crippen MR) is 115 cm³/mol. The van der Waals surface area contributed by atoms with E-state index >= 15 is 0 Å². The van der Waals surface area contributed by atoms with Crippen molar-refractivity contribution in [3.8, 4) is 0 Å². The molecule has 0 spiro atoms. The van der Waals surface area contributed by atoms with E-state index in [4.69, 9.17) is 11.6 Å². The normalized spacial score (nSPS) is 19.1. The molecule has 3 nitrogen and oxygen atoms in total. The van der Waals surface area contributed by atoms with Crippen LogP contribution in [0.1, 0.15) is 26.7 Å². The lowest BCUT2D eigenvalue weighted by molar-refractivity contribution is 0.193. The number of allylic oxidation sites excluding steroid dienone is 3. The van der Waals surface area contributed by atoms with E-state index in [0.29, 0.717) is 5.92 Å². The molecule has 0 aliphatic heterocycles. The highest BCUT2D eigenvalue weighted by Crippen LogP contribution is 2.51. The molecule has 2 bridgehead atoms. The Morgan fingerprint density at radius 2 is 2.04 bits per heavy atom. The third-order valence-electron chi connectivity index (χ3n) is 6.26. The smallest absolute Gasteiger partial charge is 0.0737 e. The summed E-state index contributed by atoms with van der Waals surface area (Å²) in [5, 5.41) is 5.54. The number of fused-ring (bicyclic) bond motifs is 2. The Morgan fingerprint density at radius 3 is 2.70 bits per heavy atom. The molecular weight excluding hydrogens is 354 g/mol. The van der Waals surface area contributed by atoms with Gasteiger partial charge in [-0.1, -0.05) is 42.7 Å². The summed E-state index contributed by atoms with van der Waals surface area (Å²) in [6.45, 7) is 6.79. The summed E-state index contributed by atoms with van der Waals surface area (Å²) < 4.78 is 0. The van der Waals surface area contributed by atoms with Crippen molar-refractivity contribution in [2.75, 3.05) is 32.5 Å². The van der Waals surface area contributed by atoms with Crippen molar-refractivity contribution >= 4 is 28.2 Å². The van der Waals surface area contributed by atoms with E-state index in [9.17, 15) is 0 Å². The maximum absolute atomic E-state index is 6.12. The minimum Gasteiger partial charge on any atom is -0.384 e. The molecule has 5 rings (SSSR count). The van der Waals surface area contributed by atoms with E-state index in [2.05, 4.69) is 61.4 Å². The van der Waals surface area contributed by atoms with Crippen LogP contribution in [0.2, 0.25) is 5.02 Å². The molecule has 0 radical (unpaired) electrons. The van der Waals surface area contributed by atoms with Crippen LogP contribution in [0, 0.1) is 11.3 Å². The van der Waals surface area contributed by atoms with Crippen LogP contribution in [0.25, 0.3) is 10.9 Å². The molecule has 1 N–H and O–H groups in total. The zero-order valence-corrected chi connectivity index (χ0v) is 17.4. The second-order valence-corrected chi connectivity index (χ2v) is 9.07. The number of hydrogen-bond acceptors (Lipinski definition) is 3. The molecular formula is C23H28ClN3. The lowest BCUT2D eigenvalue weighted by atomic mass is 9.70. The minimum atomic E-state index is 0.149. The average Bonchev–Trinajstić information content (AvgIpc) is 3.20. The van der Waals surface area contributed by atoms with Gasteiger partial charge in [-0.2, -0.15) is 0 Å². The molecule has 0 amide bonds. The van der Waals surface area contributed by atoms with Gasteiger partial charge >= 0.3 is 0 Å². The fourth-order valence-electron chi connectivity index (χ4n) is 4.59. The van der Waals surface area contributed by atoms with E-state index < -0.39 is 0 Å². The van der Waals surface area contributed by atoms with Gasteiger partial charge in [0.25, 0.3) is 0 Å². The summed E-state index contributed by atoms with van der Waals surface area (Å²) in [5.41, 5.74) is 7.07. The molecule has 1 fully saturated rings. The Labute approximate surface area is 167 Å². The zero-order chi connectivity index (χ0) is 19.2. The molecule has 3 aliphatic carbocycles. The fourth-order valence-corrected chi connectivity index (χ4v) is 4.76. The van der Waals surface area contributed by atoms with Crippen LogP contribution in [0.15, 0.2) is 53.3 Å². The van der Waals surface area contributed by atoms with Crippen LogP contribution in [-0.4, -0.2) is 37.1 Å². The first kappa shape index (κ1) is 18.5. The molecule has 0 saturated heterocycles. The highest BCUT2D eigenvalue weighted by atomic mass is 35.5. The monoisotopic (exact) mass is 381 g/mol. The summed E-state index contributed by atoms with van der Waals surface area (Å²) in [6, 6.07) is 7.97. The first-order valence-corrected chi connectivity index (χ1v) is 10.1. The predicted octanol–water partition coefficient (Wildman–Crippen LogP) is 5.53. The summed E-state index contributed by atoms with van der Waals surface area (Å²) >= 11 is 6.12.